The molecule has 3 heteroatoms. The lowest BCUT2D eigenvalue weighted by molar-refractivity contribution is -0.107. The molecule has 0 N–H and O–H groups in total. The second-order valence-corrected chi connectivity index (χ2v) is 4.56. The van der Waals surface area contributed by atoms with Crippen LogP contribution >= 0.6 is 10.0 Å². The molecule has 0 aliphatic carbocycles. The highest BCUT2D eigenvalue weighted by Gasteiger charge is 2.05. The Hall–Kier alpha value is 0.492. The zero-order valence-corrected chi connectivity index (χ0v) is 7.94. The fourth-order valence-corrected chi connectivity index (χ4v) is 2.42. The molecule has 0 saturated carbocycles. The lowest BCUT2D eigenvalue weighted by Crippen LogP contribution is -1.96. The summed E-state index contributed by atoms with van der Waals surface area (Å²) in [6.45, 7) is 2.13. The van der Waals surface area contributed by atoms with Crippen LogP contribution in [0.15, 0.2) is 0 Å². The number of hydrogen-bond acceptors (Lipinski definition) is 1. The van der Waals surface area contributed by atoms with Gasteiger partial charge in [-0.3, -0.25) is 10.0 Å². The molecule has 0 amide bonds. The highest BCUT2D eigenvalue weighted by Crippen LogP contribution is 2.16. The van der Waals surface area contributed by atoms with Crippen molar-refractivity contribution < 1.29 is 4.79 Å². The molecule has 1 unspecified atom stereocenters. The molecule has 0 aliphatic heterocycles. The molecule has 0 rings (SSSR count). The summed E-state index contributed by atoms with van der Waals surface area (Å²) < 4.78 is 0.678. The van der Waals surface area contributed by atoms with Gasteiger partial charge in [-0.05, 0) is 0 Å². The van der Waals surface area contributed by atoms with Crippen molar-refractivity contribution in [3.8, 4) is 0 Å². The first-order valence-corrected chi connectivity index (χ1v) is 6.30. The van der Waals surface area contributed by atoms with Crippen molar-refractivity contribution in [2.75, 3.05) is 0 Å². The highest BCUT2D eigenvalue weighted by atomic mass is 35.6. The summed E-state index contributed by atoms with van der Waals surface area (Å²) in [5.41, 5.74) is 0. The summed E-state index contributed by atoms with van der Waals surface area (Å²) in [6.07, 6.45) is 3.82. The van der Waals surface area contributed by atoms with Crippen molar-refractivity contribution in [3.63, 3.8) is 0 Å². The van der Waals surface area contributed by atoms with E-state index in [0.717, 1.165) is 19.1 Å². The number of carbonyl (C=O) groups excluding carboxylic acids is 1. The second-order valence-electron chi connectivity index (χ2n) is 2.17. The minimum absolute atomic E-state index is 0.379. The Morgan fingerprint density at radius 3 is 2.78 bits per heavy atom. The first-order valence-electron chi connectivity index (χ1n) is 3.34. The van der Waals surface area contributed by atoms with Gasteiger partial charge < -0.3 is 4.79 Å². The molecule has 1 atom stereocenters. The van der Waals surface area contributed by atoms with Gasteiger partial charge in [0.25, 0.3) is 0 Å². The van der Waals surface area contributed by atoms with Crippen LogP contribution in [0.4, 0.5) is 0 Å². The monoisotopic (exact) mass is 162 g/mol. The van der Waals surface area contributed by atoms with Crippen LogP contribution in [-0.4, -0.2) is 20.6 Å². The maximum absolute atomic E-state index is 9.91. The molecule has 0 aromatic rings. The van der Waals surface area contributed by atoms with E-state index in [0.29, 0.717) is 11.2 Å². The topological polar surface area (TPSA) is 17.1 Å². The van der Waals surface area contributed by atoms with Crippen molar-refractivity contribution in [2.24, 2.45) is 0 Å². The third-order valence-electron chi connectivity index (χ3n) is 1.49. The van der Waals surface area contributed by atoms with E-state index in [-0.39, 0.29) is 14.3 Å². The van der Waals surface area contributed by atoms with Gasteiger partial charge in [-0.15, -0.1) is 0 Å². The Kier molecular flexibility index (Phi) is 6.97. The maximum atomic E-state index is 9.91. The molecular formula is C6H12AlClO. The van der Waals surface area contributed by atoms with E-state index < -0.39 is 0 Å². The first kappa shape index (κ1) is 9.49. The van der Waals surface area contributed by atoms with Gasteiger partial charge in [0.05, 0.1) is 0 Å². The Labute approximate surface area is 66.7 Å². The van der Waals surface area contributed by atoms with E-state index in [1.165, 1.54) is 0 Å². The standard InChI is InChI=1S/C6H11O.Al.ClH.H/c1-2-3-4-5-6-7;;;/h3,6H,2,4-5H2,1H3;;1H;/q;+1;;/p-1. The minimum Gasteiger partial charge on any atom is -0.303 e. The van der Waals surface area contributed by atoms with E-state index in [1.54, 1.807) is 0 Å². The lowest BCUT2D eigenvalue weighted by Gasteiger charge is -2.04. The molecule has 0 saturated heterocycles. The Balaban J connectivity index is 3.19. The molecule has 0 aromatic carbocycles. The number of hydrogen-bond donors (Lipinski definition) is 0. The molecular weight excluding hydrogens is 150 g/mol. The molecule has 0 spiro atoms. The lowest BCUT2D eigenvalue weighted by atomic mass is 10.2. The minimum atomic E-state index is -0.379. The summed E-state index contributed by atoms with van der Waals surface area (Å²) in [5, 5.41) is 0. The molecule has 0 fully saturated rings. The largest absolute Gasteiger partial charge is 0.380 e. The number of halogens is 1. The van der Waals surface area contributed by atoms with Crippen LogP contribution in [0, 0.1) is 0 Å². The van der Waals surface area contributed by atoms with Gasteiger partial charge in [0.1, 0.15) is 6.29 Å². The summed E-state index contributed by atoms with van der Waals surface area (Å²) in [4.78, 5) is 9.91. The predicted octanol–water partition coefficient (Wildman–Crippen LogP) is 1.75. The Morgan fingerprint density at radius 1 is 1.78 bits per heavy atom. The molecule has 0 radical (unpaired) electrons. The van der Waals surface area contributed by atoms with Crippen molar-refractivity contribution >= 4 is 30.6 Å². The number of aldehydes is 1. The van der Waals surface area contributed by atoms with Crippen molar-refractivity contribution in [2.45, 2.75) is 31.0 Å². The van der Waals surface area contributed by atoms with E-state index in [9.17, 15) is 4.79 Å². The quantitative estimate of drug-likeness (QED) is 0.445. The Bertz CT molecular complexity index is 73.5. The van der Waals surface area contributed by atoms with Crippen LogP contribution in [0.1, 0.15) is 26.2 Å². The fraction of sp³-hybridized carbons (Fsp3) is 0.833. The Morgan fingerprint density at radius 2 is 2.44 bits per heavy atom. The normalized spacial score (nSPS) is 12.7. The van der Waals surface area contributed by atoms with Crippen LogP contribution in [0.3, 0.4) is 0 Å². The molecule has 1 nitrogen and oxygen atoms in total. The van der Waals surface area contributed by atoms with E-state index in [1.807, 2.05) is 0 Å². The average molecular weight is 163 g/mol. The first-order chi connectivity index (χ1) is 4.35. The molecule has 0 heterocycles. The van der Waals surface area contributed by atoms with Gasteiger partial charge in [0, 0.05) is 6.42 Å². The average Bonchev–Trinajstić information content (AvgIpc) is 1.91. The molecule has 52 valence electrons. The van der Waals surface area contributed by atoms with Crippen LogP contribution in [0.2, 0.25) is 4.78 Å². The zero-order chi connectivity index (χ0) is 7.11. The van der Waals surface area contributed by atoms with Gasteiger partial charge in [-0.1, -0.05) is 24.5 Å². The molecule has 9 heavy (non-hydrogen) atoms. The van der Waals surface area contributed by atoms with Crippen molar-refractivity contribution in [1.82, 2.24) is 0 Å². The SMILES string of the molecule is CC[CH](CCC=O)[AlH][Cl]. The maximum Gasteiger partial charge on any atom is 0.380 e. The van der Waals surface area contributed by atoms with Crippen LogP contribution in [-0.2, 0) is 4.79 Å². The summed E-state index contributed by atoms with van der Waals surface area (Å²) >= 11 is -0.379. The highest BCUT2D eigenvalue weighted by molar-refractivity contribution is 6.94. The molecule has 0 aliphatic rings. The van der Waals surface area contributed by atoms with E-state index in [4.69, 9.17) is 10.0 Å². The third-order valence-corrected chi connectivity index (χ3v) is 4.22. The summed E-state index contributed by atoms with van der Waals surface area (Å²) in [6, 6.07) is 0. The van der Waals surface area contributed by atoms with Gasteiger partial charge >= 0.3 is 14.3 Å². The van der Waals surface area contributed by atoms with Gasteiger partial charge in [-0.25, -0.2) is 0 Å². The molecule has 0 bridgehead atoms. The smallest absolute Gasteiger partial charge is 0.303 e. The van der Waals surface area contributed by atoms with Crippen LogP contribution in [0.25, 0.3) is 0 Å². The third kappa shape index (κ3) is 4.96. The van der Waals surface area contributed by atoms with Crippen molar-refractivity contribution in [1.29, 1.82) is 0 Å². The van der Waals surface area contributed by atoms with E-state index in [2.05, 4.69) is 6.92 Å². The van der Waals surface area contributed by atoms with Crippen LogP contribution < -0.4 is 0 Å². The number of rotatable bonds is 5. The van der Waals surface area contributed by atoms with Crippen molar-refractivity contribution in [3.05, 3.63) is 0 Å². The van der Waals surface area contributed by atoms with E-state index >= 15 is 0 Å². The predicted molar refractivity (Wildman–Crippen MR) is 42.3 cm³/mol. The van der Waals surface area contributed by atoms with Crippen LogP contribution in [0.5, 0.6) is 0 Å². The van der Waals surface area contributed by atoms with Gasteiger partial charge in [-0.2, -0.15) is 0 Å². The van der Waals surface area contributed by atoms with Gasteiger partial charge in [0.2, 0.25) is 0 Å². The summed E-state index contributed by atoms with van der Waals surface area (Å²) in [7, 11) is 5.73. The molecule has 0 aromatic heterocycles. The second kappa shape index (κ2) is 6.61. The summed E-state index contributed by atoms with van der Waals surface area (Å²) in [5.74, 6) is 0. The van der Waals surface area contributed by atoms with Gasteiger partial charge in [0.15, 0.2) is 0 Å². The number of carbonyl (C=O) groups is 1. The zero-order valence-electron chi connectivity index (χ0n) is 5.77. The fourth-order valence-electron chi connectivity index (χ4n) is 0.694.